The fraction of sp³-hybridized carbons (Fsp3) is 0.100. The Morgan fingerprint density at radius 3 is 2.11 bits per heavy atom. The molecule has 4 heterocycles. The van der Waals surface area contributed by atoms with E-state index in [1.54, 1.807) is 12.1 Å². The number of oxazole rings is 1. The van der Waals surface area contributed by atoms with Crippen molar-refractivity contribution in [2.45, 2.75) is 12.4 Å². The molecular weight excluding hydrogens is 482 g/mol. The van der Waals surface area contributed by atoms with Gasteiger partial charge in [-0.3, -0.25) is 5.32 Å². The lowest BCUT2D eigenvalue weighted by atomic mass is 10.3. The number of fused-ring (bicyclic) bond motifs is 2. The molecule has 0 unspecified atom stereocenters. The average molecular weight is 496 g/mol. The summed E-state index contributed by atoms with van der Waals surface area (Å²) in [6.45, 7) is 0. The highest BCUT2D eigenvalue weighted by atomic mass is 19.4. The molecule has 182 valence electrons. The molecule has 0 aliphatic rings. The highest BCUT2D eigenvalue weighted by Gasteiger charge is 2.33. The second kappa shape index (κ2) is 8.66. The highest BCUT2D eigenvalue weighted by Crippen LogP contribution is 2.30. The van der Waals surface area contributed by atoms with Gasteiger partial charge in [0.1, 0.15) is 16.9 Å². The number of hydrogen-bond donors (Lipinski definition) is 4. The second-order valence-corrected chi connectivity index (χ2v) is 6.98. The summed E-state index contributed by atoms with van der Waals surface area (Å²) in [7, 11) is 0. The Morgan fingerprint density at radius 1 is 0.800 bits per heavy atom. The zero-order chi connectivity index (χ0) is 25.4. The van der Waals surface area contributed by atoms with Gasteiger partial charge in [-0.1, -0.05) is 12.1 Å². The maximum absolute atomic E-state index is 12.6. The van der Waals surface area contributed by atoms with Crippen LogP contribution >= 0.6 is 0 Å². The number of hydrogen-bond acceptors (Lipinski definition) is 8. The Balaban J connectivity index is 0.000000204. The van der Waals surface area contributed by atoms with Gasteiger partial charge in [-0.2, -0.15) is 31.3 Å². The van der Waals surface area contributed by atoms with Crippen molar-refractivity contribution in [3.05, 3.63) is 60.2 Å². The number of aromatic amines is 1. The molecular formula is C20H14F6N8O. The molecule has 0 atom stereocenters. The van der Waals surface area contributed by atoms with Gasteiger partial charge in [0.15, 0.2) is 5.58 Å². The van der Waals surface area contributed by atoms with Gasteiger partial charge in [0, 0.05) is 0 Å². The van der Waals surface area contributed by atoms with Gasteiger partial charge in [0.2, 0.25) is 5.95 Å². The van der Waals surface area contributed by atoms with Crippen molar-refractivity contribution >= 4 is 45.5 Å². The molecule has 9 nitrogen and oxygen atoms in total. The number of aromatic nitrogens is 5. The molecule has 0 saturated carbocycles. The van der Waals surface area contributed by atoms with Crippen LogP contribution in [0.3, 0.4) is 0 Å². The van der Waals surface area contributed by atoms with E-state index in [2.05, 4.69) is 30.2 Å². The van der Waals surface area contributed by atoms with Crippen molar-refractivity contribution in [1.29, 1.82) is 0 Å². The van der Waals surface area contributed by atoms with E-state index >= 15 is 0 Å². The third kappa shape index (κ3) is 5.34. The Labute approximate surface area is 191 Å². The van der Waals surface area contributed by atoms with Crippen LogP contribution in [0.2, 0.25) is 0 Å². The summed E-state index contributed by atoms with van der Waals surface area (Å²) < 4.78 is 79.2. The molecule has 4 aromatic heterocycles. The monoisotopic (exact) mass is 496 g/mol. The van der Waals surface area contributed by atoms with Crippen LogP contribution in [0.4, 0.5) is 49.7 Å². The zero-order valence-corrected chi connectivity index (χ0v) is 17.2. The Hall–Kier alpha value is -4.56. The van der Waals surface area contributed by atoms with E-state index in [9.17, 15) is 26.3 Å². The number of nitrogen functional groups attached to an aromatic ring is 2. The molecule has 35 heavy (non-hydrogen) atoms. The SMILES string of the molecule is FC(F)(F)c1cc2nc(Nc3nc4ccccc4o3)[nH]c2cn1.Nc1cnc(C(F)(F)F)cc1N. The van der Waals surface area contributed by atoms with Crippen molar-refractivity contribution in [2.75, 3.05) is 16.8 Å². The van der Waals surface area contributed by atoms with E-state index in [-0.39, 0.29) is 28.9 Å². The van der Waals surface area contributed by atoms with E-state index in [1.165, 1.54) is 0 Å². The summed E-state index contributed by atoms with van der Waals surface area (Å²) in [5, 5.41) is 2.79. The maximum Gasteiger partial charge on any atom is 0.433 e. The normalized spacial score (nSPS) is 11.9. The summed E-state index contributed by atoms with van der Waals surface area (Å²) in [4.78, 5) is 17.5. The molecule has 0 bridgehead atoms. The highest BCUT2D eigenvalue weighted by molar-refractivity contribution is 5.78. The first-order valence-corrected chi connectivity index (χ1v) is 9.54. The molecule has 0 spiro atoms. The number of H-pyrrole nitrogens is 1. The van der Waals surface area contributed by atoms with Crippen LogP contribution < -0.4 is 16.8 Å². The first kappa shape index (κ1) is 23.6. The number of pyridine rings is 2. The molecule has 0 aliphatic heterocycles. The number of nitrogens with zero attached hydrogens (tertiary/aromatic N) is 4. The van der Waals surface area contributed by atoms with Crippen molar-refractivity contribution in [2.24, 2.45) is 0 Å². The fourth-order valence-corrected chi connectivity index (χ4v) is 2.79. The Morgan fingerprint density at radius 2 is 1.46 bits per heavy atom. The van der Waals surface area contributed by atoms with Crippen molar-refractivity contribution in [1.82, 2.24) is 24.9 Å². The van der Waals surface area contributed by atoms with Crippen LogP contribution in [-0.2, 0) is 12.4 Å². The summed E-state index contributed by atoms with van der Waals surface area (Å²) in [6, 6.07) is 8.93. The standard InChI is InChI=1S/C14H8F3N5O.C6H6F3N3/c15-14(16,17)11-5-8-9(6-18-11)20-12(19-8)22-13-21-7-3-1-2-4-10(7)23-13;7-6(8,9)5-1-3(10)4(11)2-12-5/h1-6H,(H2,19,20,21,22);1-2H,11H2,(H2,10,12). The summed E-state index contributed by atoms with van der Waals surface area (Å²) >= 11 is 0. The fourth-order valence-electron chi connectivity index (χ4n) is 2.79. The van der Waals surface area contributed by atoms with Crippen LogP contribution in [-0.4, -0.2) is 24.9 Å². The van der Waals surface area contributed by atoms with Crippen LogP contribution in [0, 0.1) is 0 Å². The van der Waals surface area contributed by atoms with E-state index in [4.69, 9.17) is 15.9 Å². The summed E-state index contributed by atoms with van der Waals surface area (Å²) in [5.41, 5.74) is 10.00. The first-order valence-electron chi connectivity index (χ1n) is 9.54. The number of halogens is 6. The number of alkyl halides is 6. The number of anilines is 4. The van der Waals surface area contributed by atoms with Gasteiger partial charge in [0.25, 0.3) is 0 Å². The number of benzene rings is 1. The van der Waals surface area contributed by atoms with Gasteiger partial charge in [-0.15, -0.1) is 0 Å². The Kier molecular flexibility index (Phi) is 5.84. The zero-order valence-electron chi connectivity index (χ0n) is 17.2. The minimum absolute atomic E-state index is 0.0444. The van der Waals surface area contributed by atoms with Crippen molar-refractivity contribution < 1.29 is 30.8 Å². The number of nitrogens with two attached hydrogens (primary N) is 2. The Bertz CT molecular complexity index is 1460. The number of para-hydroxylation sites is 2. The molecule has 0 amide bonds. The van der Waals surface area contributed by atoms with E-state index in [0.29, 0.717) is 22.7 Å². The van der Waals surface area contributed by atoms with Crippen LogP contribution in [0.1, 0.15) is 11.4 Å². The van der Waals surface area contributed by atoms with Gasteiger partial charge in [-0.05, 0) is 24.3 Å². The van der Waals surface area contributed by atoms with E-state index in [1.807, 2.05) is 12.1 Å². The topological polar surface area (TPSA) is 145 Å². The van der Waals surface area contributed by atoms with Crippen LogP contribution in [0.15, 0.2) is 53.2 Å². The minimum atomic E-state index is -4.51. The second-order valence-electron chi connectivity index (χ2n) is 6.98. The molecule has 1 aromatic carbocycles. The number of imidazole rings is 1. The lowest BCUT2D eigenvalue weighted by molar-refractivity contribution is -0.141. The van der Waals surface area contributed by atoms with Crippen LogP contribution in [0.25, 0.3) is 22.1 Å². The molecule has 5 rings (SSSR count). The molecule has 0 fully saturated rings. The molecule has 6 N–H and O–H groups in total. The minimum Gasteiger partial charge on any atom is -0.423 e. The number of rotatable bonds is 2. The average Bonchev–Trinajstić information content (AvgIpc) is 3.37. The quantitative estimate of drug-likeness (QED) is 0.246. The molecule has 0 radical (unpaired) electrons. The largest absolute Gasteiger partial charge is 0.433 e. The third-order valence-electron chi connectivity index (χ3n) is 4.44. The predicted molar refractivity (Wildman–Crippen MR) is 114 cm³/mol. The lowest BCUT2D eigenvalue weighted by Gasteiger charge is -2.06. The van der Waals surface area contributed by atoms with Gasteiger partial charge < -0.3 is 20.9 Å². The smallest absolute Gasteiger partial charge is 0.423 e. The van der Waals surface area contributed by atoms with Crippen LogP contribution in [0.5, 0.6) is 0 Å². The van der Waals surface area contributed by atoms with E-state index < -0.39 is 23.7 Å². The van der Waals surface area contributed by atoms with Gasteiger partial charge in [-0.25, -0.2) is 15.0 Å². The first-order chi connectivity index (χ1) is 16.4. The van der Waals surface area contributed by atoms with Crippen molar-refractivity contribution in [3.8, 4) is 0 Å². The third-order valence-corrected chi connectivity index (χ3v) is 4.44. The molecule has 0 aliphatic carbocycles. The molecule has 15 heteroatoms. The van der Waals surface area contributed by atoms with Crippen molar-refractivity contribution in [3.63, 3.8) is 0 Å². The summed E-state index contributed by atoms with van der Waals surface area (Å²) in [6.07, 6.45) is -7.01. The summed E-state index contributed by atoms with van der Waals surface area (Å²) in [5.74, 6) is 0.215. The van der Waals surface area contributed by atoms with Gasteiger partial charge >= 0.3 is 18.4 Å². The van der Waals surface area contributed by atoms with E-state index in [0.717, 1.165) is 18.5 Å². The lowest BCUT2D eigenvalue weighted by Crippen LogP contribution is -2.09. The maximum atomic E-state index is 12.6. The number of nitrogens with one attached hydrogen (secondary N) is 2. The predicted octanol–water partition coefficient (Wildman–Crippen LogP) is 5.13. The molecule has 5 aromatic rings. The molecule has 0 saturated heterocycles. The van der Waals surface area contributed by atoms with Gasteiger partial charge in [0.05, 0.1) is 34.8 Å².